The highest BCUT2D eigenvalue weighted by atomic mass is 15.1. The summed E-state index contributed by atoms with van der Waals surface area (Å²) in [4.78, 5) is 4.95. The quantitative estimate of drug-likeness (QED) is 0.737. The Bertz CT molecular complexity index is 174. The Balaban J connectivity index is 2.12. The average Bonchev–Trinajstić information content (AvgIpc) is 2.27. The lowest BCUT2D eigenvalue weighted by atomic mass is 9.96. The molecule has 1 N–H and O–H groups in total. The van der Waals surface area contributed by atoms with Gasteiger partial charge in [0.1, 0.15) is 0 Å². The molecular formula is C13H29N3. The summed E-state index contributed by atoms with van der Waals surface area (Å²) in [6.45, 7) is 7.39. The third-order valence-corrected chi connectivity index (χ3v) is 3.70. The van der Waals surface area contributed by atoms with Gasteiger partial charge in [0, 0.05) is 12.6 Å². The van der Waals surface area contributed by atoms with Crippen molar-refractivity contribution in [1.82, 2.24) is 15.1 Å². The maximum Gasteiger partial charge on any atom is 0.00479 e. The van der Waals surface area contributed by atoms with E-state index in [1.54, 1.807) is 0 Å². The van der Waals surface area contributed by atoms with Gasteiger partial charge in [-0.05, 0) is 72.9 Å². The Morgan fingerprint density at radius 2 is 1.94 bits per heavy atom. The number of likely N-dealkylation sites (tertiary alicyclic amines) is 1. The van der Waals surface area contributed by atoms with E-state index in [9.17, 15) is 0 Å². The summed E-state index contributed by atoms with van der Waals surface area (Å²) in [7, 11) is 6.41. The van der Waals surface area contributed by atoms with E-state index in [2.05, 4.69) is 36.1 Å². The molecule has 0 bridgehead atoms. The van der Waals surface area contributed by atoms with Crippen LogP contribution in [-0.2, 0) is 0 Å². The first-order valence-corrected chi connectivity index (χ1v) is 6.66. The van der Waals surface area contributed by atoms with Gasteiger partial charge in [-0.15, -0.1) is 0 Å². The van der Waals surface area contributed by atoms with Crippen LogP contribution in [0.25, 0.3) is 0 Å². The largest absolute Gasteiger partial charge is 0.317 e. The van der Waals surface area contributed by atoms with Gasteiger partial charge in [-0.3, -0.25) is 0 Å². The molecular weight excluding hydrogens is 198 g/mol. The van der Waals surface area contributed by atoms with Crippen LogP contribution < -0.4 is 5.32 Å². The highest BCUT2D eigenvalue weighted by Gasteiger charge is 2.19. The van der Waals surface area contributed by atoms with Gasteiger partial charge in [0.25, 0.3) is 0 Å². The summed E-state index contributed by atoms with van der Waals surface area (Å²) in [6.07, 6.45) is 4.03. The van der Waals surface area contributed by atoms with Crippen LogP contribution in [0.1, 0.15) is 26.2 Å². The highest BCUT2D eigenvalue weighted by molar-refractivity contribution is 4.74. The molecule has 3 nitrogen and oxygen atoms in total. The Morgan fingerprint density at radius 1 is 1.31 bits per heavy atom. The predicted molar refractivity (Wildman–Crippen MR) is 70.9 cm³/mol. The summed E-state index contributed by atoms with van der Waals surface area (Å²) < 4.78 is 0. The second-order valence-electron chi connectivity index (χ2n) is 5.53. The molecule has 0 amide bonds. The van der Waals surface area contributed by atoms with E-state index in [1.165, 1.54) is 45.4 Å². The number of nitrogens with one attached hydrogen (secondary N) is 1. The second-order valence-corrected chi connectivity index (χ2v) is 5.53. The van der Waals surface area contributed by atoms with Gasteiger partial charge in [-0.2, -0.15) is 0 Å². The van der Waals surface area contributed by atoms with E-state index in [0.717, 1.165) is 5.92 Å². The van der Waals surface area contributed by atoms with Gasteiger partial charge in [-0.25, -0.2) is 0 Å². The number of piperidine rings is 1. The van der Waals surface area contributed by atoms with Crippen molar-refractivity contribution in [3.63, 3.8) is 0 Å². The zero-order valence-corrected chi connectivity index (χ0v) is 11.5. The second kappa shape index (κ2) is 7.25. The molecule has 0 aromatic carbocycles. The first-order valence-electron chi connectivity index (χ1n) is 6.66. The third-order valence-electron chi connectivity index (χ3n) is 3.70. The van der Waals surface area contributed by atoms with E-state index in [-0.39, 0.29) is 0 Å². The van der Waals surface area contributed by atoms with Gasteiger partial charge in [0.15, 0.2) is 0 Å². The fraction of sp³-hybridized carbons (Fsp3) is 1.00. The Morgan fingerprint density at radius 3 is 2.44 bits per heavy atom. The Labute approximate surface area is 101 Å². The molecule has 16 heavy (non-hydrogen) atoms. The first kappa shape index (κ1) is 13.9. The maximum absolute atomic E-state index is 3.31. The summed E-state index contributed by atoms with van der Waals surface area (Å²) in [5.41, 5.74) is 0. The molecule has 1 atom stereocenters. The monoisotopic (exact) mass is 227 g/mol. The Kier molecular flexibility index (Phi) is 6.32. The van der Waals surface area contributed by atoms with Crippen LogP contribution in [-0.4, -0.2) is 63.2 Å². The molecule has 1 unspecified atom stereocenters. The third kappa shape index (κ3) is 5.28. The van der Waals surface area contributed by atoms with Crippen LogP contribution in [0.2, 0.25) is 0 Å². The molecule has 0 spiro atoms. The molecule has 1 heterocycles. The van der Waals surface area contributed by atoms with Gasteiger partial charge < -0.3 is 15.1 Å². The van der Waals surface area contributed by atoms with Gasteiger partial charge in [0.2, 0.25) is 0 Å². The van der Waals surface area contributed by atoms with Crippen molar-refractivity contribution in [2.45, 2.75) is 32.2 Å². The minimum absolute atomic E-state index is 0.652. The molecule has 1 fully saturated rings. The van der Waals surface area contributed by atoms with E-state index in [0.29, 0.717) is 6.04 Å². The van der Waals surface area contributed by atoms with E-state index in [4.69, 9.17) is 0 Å². The van der Waals surface area contributed by atoms with Crippen LogP contribution in [0.4, 0.5) is 0 Å². The molecule has 0 aromatic heterocycles. The van der Waals surface area contributed by atoms with Crippen molar-refractivity contribution >= 4 is 0 Å². The van der Waals surface area contributed by atoms with Crippen molar-refractivity contribution in [2.24, 2.45) is 5.92 Å². The summed E-state index contributed by atoms with van der Waals surface area (Å²) in [5, 5.41) is 3.31. The molecule has 0 aromatic rings. The molecule has 0 radical (unpaired) electrons. The molecule has 1 rings (SSSR count). The van der Waals surface area contributed by atoms with Crippen LogP contribution in [0.5, 0.6) is 0 Å². The molecule has 1 saturated heterocycles. The Hall–Kier alpha value is -0.120. The van der Waals surface area contributed by atoms with E-state index < -0.39 is 0 Å². The molecule has 0 aliphatic carbocycles. The normalized spacial score (nSPS) is 21.6. The fourth-order valence-corrected chi connectivity index (χ4v) is 2.43. The number of nitrogens with zero attached hydrogens (tertiary/aromatic N) is 2. The zero-order chi connectivity index (χ0) is 12.0. The van der Waals surface area contributed by atoms with Crippen LogP contribution in [0.15, 0.2) is 0 Å². The van der Waals surface area contributed by atoms with Crippen molar-refractivity contribution in [3.8, 4) is 0 Å². The van der Waals surface area contributed by atoms with Crippen molar-refractivity contribution in [3.05, 3.63) is 0 Å². The first-order chi connectivity index (χ1) is 7.61. The molecule has 96 valence electrons. The van der Waals surface area contributed by atoms with Gasteiger partial charge in [0.05, 0.1) is 0 Å². The van der Waals surface area contributed by atoms with E-state index >= 15 is 0 Å². The number of hydrogen-bond donors (Lipinski definition) is 1. The average molecular weight is 227 g/mol. The lowest BCUT2D eigenvalue weighted by Crippen LogP contribution is -2.39. The zero-order valence-electron chi connectivity index (χ0n) is 11.5. The maximum atomic E-state index is 3.31. The lowest BCUT2D eigenvalue weighted by Gasteiger charge is -2.33. The van der Waals surface area contributed by atoms with Gasteiger partial charge in [-0.1, -0.05) is 0 Å². The van der Waals surface area contributed by atoms with Crippen molar-refractivity contribution in [1.29, 1.82) is 0 Å². The predicted octanol–water partition coefficient (Wildman–Crippen LogP) is 1.26. The summed E-state index contributed by atoms with van der Waals surface area (Å²) >= 11 is 0. The molecule has 1 aliphatic heterocycles. The lowest BCUT2D eigenvalue weighted by molar-refractivity contribution is 0.158. The van der Waals surface area contributed by atoms with Crippen LogP contribution >= 0.6 is 0 Å². The highest BCUT2D eigenvalue weighted by Crippen LogP contribution is 2.17. The van der Waals surface area contributed by atoms with E-state index in [1.807, 2.05) is 7.05 Å². The van der Waals surface area contributed by atoms with Crippen molar-refractivity contribution in [2.75, 3.05) is 47.3 Å². The van der Waals surface area contributed by atoms with Crippen LogP contribution in [0, 0.1) is 5.92 Å². The fourth-order valence-electron chi connectivity index (χ4n) is 2.43. The standard InChI is InChI=1S/C13H29N3/c1-12(14-2)5-8-16-9-6-13(7-10-16)11-15(3)4/h12-14H,5-11H2,1-4H3. The smallest absolute Gasteiger partial charge is 0.00479 e. The molecule has 3 heteroatoms. The van der Waals surface area contributed by atoms with Crippen LogP contribution in [0.3, 0.4) is 0 Å². The number of rotatable bonds is 6. The minimum atomic E-state index is 0.652. The minimum Gasteiger partial charge on any atom is -0.317 e. The SMILES string of the molecule is CNC(C)CCN1CCC(CN(C)C)CC1. The molecule has 1 aliphatic rings. The topological polar surface area (TPSA) is 18.5 Å². The van der Waals surface area contributed by atoms with Crippen molar-refractivity contribution < 1.29 is 0 Å². The number of hydrogen-bond acceptors (Lipinski definition) is 3. The summed E-state index contributed by atoms with van der Waals surface area (Å²) in [6, 6.07) is 0.652. The van der Waals surface area contributed by atoms with Gasteiger partial charge >= 0.3 is 0 Å². The molecule has 0 saturated carbocycles. The summed E-state index contributed by atoms with van der Waals surface area (Å²) in [5.74, 6) is 0.924.